The lowest BCUT2D eigenvalue weighted by molar-refractivity contribution is 0.701. The number of imidazole rings is 1. The van der Waals surface area contributed by atoms with Crippen LogP contribution in [0.25, 0.3) is 5.78 Å². The number of hydrogen-bond donors (Lipinski definition) is 0. The average Bonchev–Trinajstić information content (AvgIpc) is 2.85. The Morgan fingerprint density at radius 1 is 1.15 bits per heavy atom. The van der Waals surface area contributed by atoms with Gasteiger partial charge in [0.15, 0.2) is 0 Å². The zero-order chi connectivity index (χ0) is 13.5. The average molecular weight is 329 g/mol. The van der Waals surface area contributed by atoms with E-state index >= 15 is 0 Å². The van der Waals surface area contributed by atoms with Crippen LogP contribution in [-0.2, 0) is 13.0 Å². The molecule has 5 heteroatoms. The topological polar surface area (TPSA) is 33.4 Å². The largest absolute Gasteiger partial charge is 0.365 e. The fourth-order valence-corrected chi connectivity index (χ4v) is 3.04. The Bertz CT molecular complexity index is 766. The summed E-state index contributed by atoms with van der Waals surface area (Å²) in [6.45, 7) is 1.88. The summed E-state index contributed by atoms with van der Waals surface area (Å²) < 4.78 is 3.07. The maximum Gasteiger partial charge on any atom is 0.234 e. The molecule has 1 aliphatic rings. The normalized spacial score (nSPS) is 14.6. The number of rotatable bonds is 1. The molecule has 20 heavy (non-hydrogen) atoms. The highest BCUT2D eigenvalue weighted by atomic mass is 79.9. The van der Waals surface area contributed by atoms with E-state index in [2.05, 4.69) is 59.5 Å². The van der Waals surface area contributed by atoms with Crippen LogP contribution < -0.4 is 4.90 Å². The minimum absolute atomic E-state index is 0.785. The van der Waals surface area contributed by atoms with Crippen LogP contribution in [0, 0.1) is 0 Å². The monoisotopic (exact) mass is 328 g/mol. The summed E-state index contributed by atoms with van der Waals surface area (Å²) in [5.41, 5.74) is 3.67. The molecule has 0 unspecified atom stereocenters. The molecule has 2 aromatic heterocycles. The molecule has 4 nitrogen and oxygen atoms in total. The van der Waals surface area contributed by atoms with E-state index in [9.17, 15) is 0 Å². The first kappa shape index (κ1) is 11.9. The van der Waals surface area contributed by atoms with Gasteiger partial charge in [0.2, 0.25) is 5.78 Å². The fourth-order valence-electron chi connectivity index (χ4n) is 2.73. The molecule has 0 saturated carbocycles. The van der Waals surface area contributed by atoms with Crippen molar-refractivity contribution in [2.24, 2.45) is 0 Å². The van der Waals surface area contributed by atoms with Crippen LogP contribution in [0.2, 0.25) is 0 Å². The van der Waals surface area contributed by atoms with E-state index in [0.717, 1.165) is 29.8 Å². The molecule has 0 radical (unpaired) electrons. The third-order valence-electron chi connectivity index (χ3n) is 3.71. The van der Waals surface area contributed by atoms with Crippen LogP contribution in [-0.4, -0.2) is 20.9 Å². The van der Waals surface area contributed by atoms with Crippen molar-refractivity contribution in [3.05, 3.63) is 58.6 Å². The van der Waals surface area contributed by atoms with E-state index in [-0.39, 0.29) is 0 Å². The quantitative estimate of drug-likeness (QED) is 0.688. The van der Waals surface area contributed by atoms with Gasteiger partial charge in [0.25, 0.3) is 0 Å². The van der Waals surface area contributed by atoms with Crippen molar-refractivity contribution in [3.63, 3.8) is 0 Å². The first-order valence-electron chi connectivity index (χ1n) is 6.62. The number of anilines is 1. The highest BCUT2D eigenvalue weighted by Gasteiger charge is 2.22. The molecular formula is C15H13BrN4. The van der Waals surface area contributed by atoms with Gasteiger partial charge in [0.1, 0.15) is 0 Å². The molecule has 3 aromatic rings. The molecular weight excluding hydrogens is 316 g/mol. The Morgan fingerprint density at radius 3 is 2.85 bits per heavy atom. The van der Waals surface area contributed by atoms with Gasteiger partial charge in [0, 0.05) is 31.0 Å². The van der Waals surface area contributed by atoms with Gasteiger partial charge in [0.05, 0.1) is 22.4 Å². The van der Waals surface area contributed by atoms with E-state index < -0.39 is 0 Å². The highest BCUT2D eigenvalue weighted by molar-refractivity contribution is 9.10. The minimum Gasteiger partial charge on any atom is -0.365 e. The van der Waals surface area contributed by atoms with E-state index in [0.29, 0.717) is 0 Å². The van der Waals surface area contributed by atoms with Gasteiger partial charge in [-0.25, -0.2) is 9.97 Å². The lowest BCUT2D eigenvalue weighted by Crippen LogP contribution is -2.30. The number of benzene rings is 1. The third-order valence-corrected chi connectivity index (χ3v) is 4.12. The van der Waals surface area contributed by atoms with E-state index in [1.165, 1.54) is 17.1 Å². The zero-order valence-electron chi connectivity index (χ0n) is 10.8. The molecule has 0 fully saturated rings. The number of nitrogens with zero attached hydrogens (tertiary/aromatic N) is 4. The zero-order valence-corrected chi connectivity index (χ0v) is 12.4. The van der Waals surface area contributed by atoms with E-state index in [1.54, 1.807) is 6.20 Å². The van der Waals surface area contributed by atoms with Gasteiger partial charge in [-0.2, -0.15) is 0 Å². The predicted octanol–water partition coefficient (Wildman–Crippen LogP) is 3.05. The lowest BCUT2D eigenvalue weighted by atomic mass is 10.1. The maximum atomic E-state index is 4.63. The summed E-state index contributed by atoms with van der Waals surface area (Å²) in [6, 6.07) is 10.5. The van der Waals surface area contributed by atoms with Crippen LogP contribution in [0.1, 0.15) is 11.4 Å². The molecule has 3 heterocycles. The van der Waals surface area contributed by atoms with Gasteiger partial charge in [-0.3, -0.25) is 4.40 Å². The number of fused-ring (bicyclic) bond motifs is 3. The van der Waals surface area contributed by atoms with Crippen LogP contribution >= 0.6 is 15.9 Å². The second kappa shape index (κ2) is 4.59. The molecule has 0 saturated heterocycles. The highest BCUT2D eigenvalue weighted by Crippen LogP contribution is 2.25. The molecule has 4 rings (SSSR count). The van der Waals surface area contributed by atoms with Gasteiger partial charge >= 0.3 is 0 Å². The van der Waals surface area contributed by atoms with Crippen molar-refractivity contribution >= 4 is 27.4 Å². The Kier molecular flexibility index (Phi) is 2.73. The van der Waals surface area contributed by atoms with Crippen molar-refractivity contribution < 1.29 is 0 Å². The van der Waals surface area contributed by atoms with Crippen LogP contribution in [0.3, 0.4) is 0 Å². The summed E-state index contributed by atoms with van der Waals surface area (Å²) in [4.78, 5) is 11.4. The summed E-state index contributed by atoms with van der Waals surface area (Å²) in [6.07, 6.45) is 4.80. The summed E-state index contributed by atoms with van der Waals surface area (Å²) in [7, 11) is 0. The van der Waals surface area contributed by atoms with Crippen molar-refractivity contribution in [1.82, 2.24) is 14.4 Å². The Hall–Kier alpha value is -1.88. The number of hydrogen-bond acceptors (Lipinski definition) is 3. The predicted molar refractivity (Wildman–Crippen MR) is 81.9 cm³/mol. The van der Waals surface area contributed by atoms with Crippen molar-refractivity contribution in [3.8, 4) is 0 Å². The summed E-state index contributed by atoms with van der Waals surface area (Å²) >= 11 is 3.48. The van der Waals surface area contributed by atoms with E-state index in [1.807, 2.05) is 12.3 Å². The minimum atomic E-state index is 0.785. The Morgan fingerprint density at radius 2 is 2.00 bits per heavy atom. The second-order valence-corrected chi connectivity index (χ2v) is 5.87. The molecule has 1 aromatic carbocycles. The molecule has 100 valence electrons. The fraction of sp³-hybridized carbons (Fsp3) is 0.200. The maximum absolute atomic E-state index is 4.63. The molecule has 0 amide bonds. The summed E-state index contributed by atoms with van der Waals surface area (Å²) in [5, 5.41) is 0. The molecule has 0 N–H and O–H groups in total. The molecule has 0 aliphatic carbocycles. The number of halogens is 1. The Labute approximate surface area is 125 Å². The third kappa shape index (κ3) is 1.89. The van der Waals surface area contributed by atoms with Crippen molar-refractivity contribution in [2.45, 2.75) is 13.0 Å². The molecule has 0 spiro atoms. The van der Waals surface area contributed by atoms with Gasteiger partial charge in [-0.05, 0) is 28.1 Å². The van der Waals surface area contributed by atoms with E-state index in [4.69, 9.17) is 0 Å². The molecule has 1 aliphatic heterocycles. The van der Waals surface area contributed by atoms with Crippen LogP contribution in [0.5, 0.6) is 0 Å². The smallest absolute Gasteiger partial charge is 0.234 e. The Balaban J connectivity index is 1.78. The first-order chi connectivity index (χ1) is 9.81. The van der Waals surface area contributed by atoms with Crippen molar-refractivity contribution in [1.29, 1.82) is 0 Å². The molecule has 0 bridgehead atoms. The van der Waals surface area contributed by atoms with Gasteiger partial charge in [-0.15, -0.1) is 0 Å². The van der Waals surface area contributed by atoms with Crippen LogP contribution in [0.15, 0.2) is 47.2 Å². The van der Waals surface area contributed by atoms with Crippen molar-refractivity contribution in [2.75, 3.05) is 11.4 Å². The standard InChI is InChI=1S/C15H13BrN4/c16-11-8-17-15-18-13-6-7-19(10-14(13)20(15)9-11)12-4-2-1-3-5-12/h1-5,8-9H,6-7,10H2. The lowest BCUT2D eigenvalue weighted by Gasteiger charge is -2.28. The van der Waals surface area contributed by atoms with Crippen LogP contribution in [0.4, 0.5) is 5.69 Å². The summed E-state index contributed by atoms with van der Waals surface area (Å²) in [5.74, 6) is 0.785. The number of aromatic nitrogens is 3. The van der Waals surface area contributed by atoms with Gasteiger partial charge in [-0.1, -0.05) is 18.2 Å². The first-order valence-corrected chi connectivity index (χ1v) is 7.42. The van der Waals surface area contributed by atoms with Gasteiger partial charge < -0.3 is 4.90 Å². The second-order valence-electron chi connectivity index (χ2n) is 4.95. The SMILES string of the molecule is Brc1cnc2nc3c(n2c1)CN(c1ccccc1)CC3. The molecule has 0 atom stereocenters. The number of para-hydroxylation sites is 1.